The van der Waals surface area contributed by atoms with Crippen LogP contribution in [0, 0.1) is 0 Å². The van der Waals surface area contributed by atoms with Crippen molar-refractivity contribution in [2.45, 2.75) is 33.1 Å². The van der Waals surface area contributed by atoms with E-state index in [1.54, 1.807) is 11.6 Å². The van der Waals surface area contributed by atoms with Crippen molar-refractivity contribution in [3.05, 3.63) is 84.2 Å². The molecule has 0 aromatic heterocycles. The van der Waals surface area contributed by atoms with Crippen LogP contribution in [-0.2, 0) is 4.79 Å². The molecular weight excluding hydrogens is 362 g/mol. The summed E-state index contributed by atoms with van der Waals surface area (Å²) in [6, 6.07) is 0. The molecule has 0 bridgehead atoms. The molecule has 1 aliphatic heterocycles. The van der Waals surface area contributed by atoms with Gasteiger partial charge in [-0.3, -0.25) is 14.9 Å². The highest BCUT2D eigenvalue weighted by Gasteiger charge is 2.06. The van der Waals surface area contributed by atoms with Crippen molar-refractivity contribution in [1.82, 2.24) is 15.7 Å². The van der Waals surface area contributed by atoms with Crippen molar-refractivity contribution in [2.24, 2.45) is 0 Å². The molecule has 5 nitrogen and oxygen atoms in total. The molecule has 0 unspecified atom stereocenters. The Balaban J connectivity index is 2.59. The molecule has 1 rings (SSSR count). The number of carbonyl (C=O) groups excluding carboxylic acids is 1. The van der Waals surface area contributed by atoms with E-state index in [1.165, 1.54) is 11.8 Å². The van der Waals surface area contributed by atoms with Crippen molar-refractivity contribution in [2.75, 3.05) is 26.2 Å². The van der Waals surface area contributed by atoms with Gasteiger partial charge in [-0.1, -0.05) is 62.1 Å². The van der Waals surface area contributed by atoms with Gasteiger partial charge in [0.1, 0.15) is 0 Å². The summed E-state index contributed by atoms with van der Waals surface area (Å²) in [4.78, 5) is 13.5. The number of nitrogens with one attached hydrogen (secondary N) is 2. The molecule has 0 saturated carbocycles. The highest BCUT2D eigenvalue weighted by molar-refractivity contribution is 5.87. The predicted molar refractivity (Wildman–Crippen MR) is 121 cm³/mol. The Bertz CT molecular complexity index is 697. The van der Waals surface area contributed by atoms with Crippen molar-refractivity contribution < 1.29 is 10.0 Å². The zero-order valence-electron chi connectivity index (χ0n) is 17.7. The molecule has 158 valence electrons. The molecular formula is C24H35N3O2. The van der Waals surface area contributed by atoms with E-state index in [0.29, 0.717) is 0 Å². The molecule has 29 heavy (non-hydrogen) atoms. The fourth-order valence-corrected chi connectivity index (χ4v) is 2.84. The van der Waals surface area contributed by atoms with Crippen molar-refractivity contribution >= 4 is 5.91 Å². The van der Waals surface area contributed by atoms with Gasteiger partial charge in [-0.2, -0.15) is 0 Å². The maximum Gasteiger partial charge on any atom is 0.267 e. The standard InChI is InChI=1S/C24H35N3O2/c1-4-18-27(19-16-23-11-9-7-6-8-10-17-25-23)20-21(3)12-13-22(5-2)14-15-24(28)26-29/h5-8,10-15,25,29H,3-4,9,16-20H2,1-2H3,(H,26,28)/b7-6-,10-8-,13-12-,15-14+,22-5+,23-11-. The van der Waals surface area contributed by atoms with E-state index in [0.717, 1.165) is 56.6 Å². The lowest BCUT2D eigenvalue weighted by Gasteiger charge is -2.23. The van der Waals surface area contributed by atoms with Crippen LogP contribution in [0.5, 0.6) is 0 Å². The number of carbonyl (C=O) groups is 1. The molecule has 1 aliphatic rings. The van der Waals surface area contributed by atoms with E-state index in [2.05, 4.69) is 54.1 Å². The lowest BCUT2D eigenvalue weighted by molar-refractivity contribution is -0.124. The van der Waals surface area contributed by atoms with Crippen LogP contribution >= 0.6 is 0 Å². The van der Waals surface area contributed by atoms with Crippen LogP contribution in [0.25, 0.3) is 0 Å². The Labute approximate surface area is 175 Å². The minimum Gasteiger partial charge on any atom is -0.385 e. The number of amides is 1. The smallest absolute Gasteiger partial charge is 0.267 e. The Hall–Kier alpha value is -2.63. The minimum atomic E-state index is -0.551. The topological polar surface area (TPSA) is 64.6 Å². The summed E-state index contributed by atoms with van der Waals surface area (Å²) in [6.45, 7) is 11.9. The van der Waals surface area contributed by atoms with Crippen LogP contribution in [0.1, 0.15) is 33.1 Å². The summed E-state index contributed by atoms with van der Waals surface area (Å²) >= 11 is 0. The van der Waals surface area contributed by atoms with Gasteiger partial charge < -0.3 is 5.32 Å². The van der Waals surface area contributed by atoms with Crippen LogP contribution in [0.2, 0.25) is 0 Å². The Morgan fingerprint density at radius 3 is 2.72 bits per heavy atom. The molecule has 5 heteroatoms. The molecule has 0 aromatic rings. The molecule has 3 N–H and O–H groups in total. The quantitative estimate of drug-likeness (QED) is 0.212. The summed E-state index contributed by atoms with van der Waals surface area (Å²) in [7, 11) is 0. The van der Waals surface area contributed by atoms with Gasteiger partial charge in [-0.15, -0.1) is 0 Å². The van der Waals surface area contributed by atoms with E-state index >= 15 is 0 Å². The Morgan fingerprint density at radius 2 is 2.00 bits per heavy atom. The number of nitrogens with zero attached hydrogens (tertiary/aromatic N) is 1. The van der Waals surface area contributed by atoms with Gasteiger partial charge in [0, 0.05) is 31.4 Å². The lowest BCUT2D eigenvalue weighted by atomic mass is 10.1. The van der Waals surface area contributed by atoms with Gasteiger partial charge in [0.2, 0.25) is 0 Å². The Morgan fingerprint density at radius 1 is 1.24 bits per heavy atom. The fraction of sp³-hybridized carbons (Fsp3) is 0.375. The van der Waals surface area contributed by atoms with Gasteiger partial charge in [0.25, 0.3) is 5.91 Å². The number of allylic oxidation sites excluding steroid dienone is 8. The SMILES string of the molecule is C=C(\C=C/C(/C=C/C(=O)NO)=C\C)CN(CCC)CC/C1=C/C/C=C\C=C/CN1. The lowest BCUT2D eigenvalue weighted by Crippen LogP contribution is -2.29. The molecule has 0 radical (unpaired) electrons. The first-order valence-corrected chi connectivity index (χ1v) is 10.2. The van der Waals surface area contributed by atoms with Crippen LogP contribution in [0.15, 0.2) is 84.2 Å². The van der Waals surface area contributed by atoms with E-state index in [9.17, 15) is 4.79 Å². The third-order valence-corrected chi connectivity index (χ3v) is 4.38. The normalized spacial score (nSPS) is 19.2. The monoisotopic (exact) mass is 397 g/mol. The first-order valence-electron chi connectivity index (χ1n) is 10.2. The Kier molecular flexibility index (Phi) is 12.9. The van der Waals surface area contributed by atoms with Crippen LogP contribution < -0.4 is 10.8 Å². The molecule has 1 heterocycles. The van der Waals surface area contributed by atoms with E-state index < -0.39 is 5.91 Å². The highest BCUT2D eigenvalue weighted by Crippen LogP contribution is 2.09. The van der Waals surface area contributed by atoms with Crippen LogP contribution in [-0.4, -0.2) is 42.2 Å². The molecule has 0 aromatic carbocycles. The van der Waals surface area contributed by atoms with E-state index in [1.807, 2.05) is 25.2 Å². The van der Waals surface area contributed by atoms with Crippen molar-refractivity contribution in [1.29, 1.82) is 0 Å². The van der Waals surface area contributed by atoms with Gasteiger partial charge in [-0.05, 0) is 50.0 Å². The maximum absolute atomic E-state index is 11.1. The molecule has 1 amide bonds. The number of rotatable bonds is 11. The summed E-state index contributed by atoms with van der Waals surface area (Å²) in [5.41, 5.74) is 4.75. The van der Waals surface area contributed by atoms with Gasteiger partial charge >= 0.3 is 0 Å². The molecule has 0 aliphatic carbocycles. The zero-order chi connectivity index (χ0) is 21.3. The molecule has 0 saturated heterocycles. The van der Waals surface area contributed by atoms with Gasteiger partial charge in [0.05, 0.1) is 0 Å². The van der Waals surface area contributed by atoms with Crippen LogP contribution in [0.4, 0.5) is 0 Å². The summed E-state index contributed by atoms with van der Waals surface area (Å²) in [5.74, 6) is -0.551. The largest absolute Gasteiger partial charge is 0.385 e. The van der Waals surface area contributed by atoms with Crippen molar-refractivity contribution in [3.63, 3.8) is 0 Å². The molecule has 0 fully saturated rings. The first kappa shape index (κ1) is 24.4. The number of hydroxylamine groups is 1. The average molecular weight is 398 g/mol. The average Bonchev–Trinajstić information content (AvgIpc) is 2.86. The third kappa shape index (κ3) is 11.7. The van der Waals surface area contributed by atoms with E-state index in [4.69, 9.17) is 5.21 Å². The third-order valence-electron chi connectivity index (χ3n) is 4.38. The molecule has 0 spiro atoms. The second-order valence-electron chi connectivity index (χ2n) is 6.82. The maximum atomic E-state index is 11.1. The fourth-order valence-electron chi connectivity index (χ4n) is 2.84. The summed E-state index contributed by atoms with van der Waals surface area (Å²) in [5, 5.41) is 12.0. The predicted octanol–water partition coefficient (Wildman–Crippen LogP) is 4.20. The first-order chi connectivity index (χ1) is 14.1. The molecule has 0 atom stereocenters. The van der Waals surface area contributed by atoms with E-state index in [-0.39, 0.29) is 0 Å². The summed E-state index contributed by atoms with van der Waals surface area (Å²) in [6.07, 6.45) is 22.5. The van der Waals surface area contributed by atoms with Crippen LogP contribution in [0.3, 0.4) is 0 Å². The number of hydrogen-bond donors (Lipinski definition) is 3. The summed E-state index contributed by atoms with van der Waals surface area (Å²) < 4.78 is 0. The zero-order valence-corrected chi connectivity index (χ0v) is 17.7. The minimum absolute atomic E-state index is 0.551. The van der Waals surface area contributed by atoms with Gasteiger partial charge in [0.15, 0.2) is 0 Å². The highest BCUT2D eigenvalue weighted by atomic mass is 16.5. The van der Waals surface area contributed by atoms with Crippen molar-refractivity contribution in [3.8, 4) is 0 Å². The second kappa shape index (κ2) is 15.3. The van der Waals surface area contributed by atoms with Gasteiger partial charge in [-0.25, -0.2) is 5.48 Å². The number of hydrogen-bond acceptors (Lipinski definition) is 4. The second-order valence-corrected chi connectivity index (χ2v) is 6.82.